The molecule has 0 radical (unpaired) electrons. The van der Waals surface area contributed by atoms with Crippen LogP contribution in [0.15, 0.2) is 48.5 Å². The van der Waals surface area contributed by atoms with Crippen molar-refractivity contribution in [3.8, 4) is 11.1 Å². The van der Waals surface area contributed by atoms with Crippen molar-refractivity contribution in [3.63, 3.8) is 0 Å². The zero-order valence-corrected chi connectivity index (χ0v) is 17.4. The van der Waals surface area contributed by atoms with Crippen LogP contribution in [0.4, 0.5) is 4.79 Å². The number of carboxylic acids is 1. The van der Waals surface area contributed by atoms with Gasteiger partial charge in [-0.2, -0.15) is 0 Å². The van der Waals surface area contributed by atoms with Gasteiger partial charge in [-0.3, -0.25) is 4.79 Å². The van der Waals surface area contributed by atoms with Gasteiger partial charge in [0.05, 0.1) is 5.92 Å². The lowest BCUT2D eigenvalue weighted by atomic mass is 9.82. The van der Waals surface area contributed by atoms with Gasteiger partial charge in [0, 0.05) is 19.0 Å². The highest BCUT2D eigenvalue weighted by Gasteiger charge is 2.31. The lowest BCUT2D eigenvalue weighted by molar-refractivity contribution is -0.143. The number of carbonyl (C=O) groups is 2. The molecule has 30 heavy (non-hydrogen) atoms. The van der Waals surface area contributed by atoms with Gasteiger partial charge in [0.25, 0.3) is 0 Å². The highest BCUT2D eigenvalue weighted by molar-refractivity contribution is 5.79. The van der Waals surface area contributed by atoms with Crippen molar-refractivity contribution in [3.05, 3.63) is 59.7 Å². The second kappa shape index (κ2) is 8.90. The number of aliphatic carboxylic acids is 1. The molecule has 2 aliphatic rings. The zero-order valence-electron chi connectivity index (χ0n) is 17.4. The fourth-order valence-electron chi connectivity index (χ4n) is 4.92. The molecule has 1 amide bonds. The van der Waals surface area contributed by atoms with Crippen LogP contribution >= 0.6 is 0 Å². The van der Waals surface area contributed by atoms with E-state index in [9.17, 15) is 9.59 Å². The molecule has 0 bridgehead atoms. The van der Waals surface area contributed by atoms with E-state index in [-0.39, 0.29) is 17.9 Å². The topological polar surface area (TPSA) is 66.8 Å². The third kappa shape index (κ3) is 4.07. The number of carbonyl (C=O) groups excluding carboxylic acids is 1. The van der Waals surface area contributed by atoms with E-state index in [2.05, 4.69) is 24.3 Å². The molecule has 0 saturated heterocycles. The van der Waals surface area contributed by atoms with Crippen LogP contribution in [0.2, 0.25) is 0 Å². The van der Waals surface area contributed by atoms with Gasteiger partial charge in [-0.25, -0.2) is 4.79 Å². The van der Waals surface area contributed by atoms with Crippen molar-refractivity contribution in [1.29, 1.82) is 0 Å². The van der Waals surface area contributed by atoms with Crippen LogP contribution in [-0.4, -0.2) is 41.8 Å². The summed E-state index contributed by atoms with van der Waals surface area (Å²) >= 11 is 0. The highest BCUT2D eigenvalue weighted by atomic mass is 16.6. The molecular formula is C25H29NO4. The second-order valence-electron chi connectivity index (χ2n) is 8.40. The lowest BCUT2D eigenvalue weighted by Crippen LogP contribution is -2.37. The molecule has 1 saturated carbocycles. The molecule has 0 aliphatic heterocycles. The van der Waals surface area contributed by atoms with Crippen molar-refractivity contribution in [1.82, 2.24) is 4.90 Å². The number of benzene rings is 2. The fourth-order valence-corrected chi connectivity index (χ4v) is 4.92. The maximum atomic E-state index is 12.8. The summed E-state index contributed by atoms with van der Waals surface area (Å²) in [6.07, 6.45) is 2.82. The molecule has 0 heterocycles. The van der Waals surface area contributed by atoms with E-state index < -0.39 is 5.97 Å². The Labute approximate surface area is 177 Å². The Balaban J connectivity index is 1.37. The lowest BCUT2D eigenvalue weighted by Gasteiger charge is -2.30. The molecule has 0 atom stereocenters. The average Bonchev–Trinajstić information content (AvgIpc) is 3.10. The summed E-state index contributed by atoms with van der Waals surface area (Å²) in [5.74, 6) is -0.518. The molecule has 5 nitrogen and oxygen atoms in total. The third-order valence-electron chi connectivity index (χ3n) is 6.65. The maximum absolute atomic E-state index is 12.8. The summed E-state index contributed by atoms with van der Waals surface area (Å²) in [7, 11) is 0. The van der Waals surface area contributed by atoms with Gasteiger partial charge in [-0.15, -0.1) is 0 Å². The molecule has 2 aliphatic carbocycles. The molecule has 2 aromatic rings. The van der Waals surface area contributed by atoms with Gasteiger partial charge < -0.3 is 14.7 Å². The van der Waals surface area contributed by atoms with E-state index in [1.165, 1.54) is 22.3 Å². The number of fused-ring (bicyclic) bond motifs is 3. The standard InChI is InChI=1S/C25H29NO4/c1-2-26(15-17-11-13-18(14-12-17)24(27)28)25(29)30-16-23-21-9-5-3-7-19(21)20-8-4-6-10-22(20)23/h3-10,17-18,23H,2,11-16H2,1H3,(H,27,28). The van der Waals surface area contributed by atoms with Gasteiger partial charge in [0.15, 0.2) is 0 Å². The van der Waals surface area contributed by atoms with Crippen LogP contribution in [0.25, 0.3) is 11.1 Å². The normalized spacial score (nSPS) is 20.3. The Morgan fingerprint density at radius 1 is 0.967 bits per heavy atom. The quantitative estimate of drug-likeness (QED) is 0.719. The molecule has 0 aromatic heterocycles. The van der Waals surface area contributed by atoms with E-state index in [0.29, 0.717) is 38.5 Å². The Hall–Kier alpha value is -2.82. The Morgan fingerprint density at radius 3 is 2.07 bits per heavy atom. The van der Waals surface area contributed by atoms with Crippen LogP contribution in [0.3, 0.4) is 0 Å². The molecule has 158 valence electrons. The highest BCUT2D eigenvalue weighted by Crippen LogP contribution is 2.44. The summed E-state index contributed by atoms with van der Waals surface area (Å²) in [5.41, 5.74) is 4.86. The average molecular weight is 408 g/mol. The second-order valence-corrected chi connectivity index (χ2v) is 8.40. The van der Waals surface area contributed by atoms with Gasteiger partial charge in [0.1, 0.15) is 6.61 Å². The molecule has 0 spiro atoms. The fraction of sp³-hybridized carbons (Fsp3) is 0.440. The van der Waals surface area contributed by atoms with Crippen molar-refractivity contribution in [2.75, 3.05) is 19.7 Å². The predicted octanol–water partition coefficient (Wildman–Crippen LogP) is 5.15. The summed E-state index contributed by atoms with van der Waals surface area (Å²) in [4.78, 5) is 25.7. The van der Waals surface area contributed by atoms with Crippen molar-refractivity contribution in [2.45, 2.75) is 38.5 Å². The molecule has 1 fully saturated rings. The van der Waals surface area contributed by atoms with E-state index >= 15 is 0 Å². The van der Waals surface area contributed by atoms with Crippen LogP contribution in [-0.2, 0) is 9.53 Å². The zero-order chi connectivity index (χ0) is 21.1. The third-order valence-corrected chi connectivity index (χ3v) is 6.65. The van der Waals surface area contributed by atoms with Gasteiger partial charge in [-0.05, 0) is 60.8 Å². The van der Waals surface area contributed by atoms with Crippen LogP contribution in [0, 0.1) is 11.8 Å². The number of hydrogen-bond acceptors (Lipinski definition) is 3. The number of amides is 1. The first-order chi connectivity index (χ1) is 14.6. The summed E-state index contributed by atoms with van der Waals surface area (Å²) < 4.78 is 5.79. The first kappa shape index (κ1) is 20.5. The first-order valence-corrected chi connectivity index (χ1v) is 10.9. The summed E-state index contributed by atoms with van der Waals surface area (Å²) in [5, 5.41) is 9.17. The van der Waals surface area contributed by atoms with Crippen molar-refractivity contribution < 1.29 is 19.4 Å². The molecule has 1 N–H and O–H groups in total. The number of rotatable bonds is 6. The Bertz CT molecular complexity index is 871. The Kier molecular flexibility index (Phi) is 6.07. The van der Waals surface area contributed by atoms with E-state index in [4.69, 9.17) is 9.84 Å². The number of hydrogen-bond donors (Lipinski definition) is 1. The van der Waals surface area contributed by atoms with Gasteiger partial charge >= 0.3 is 12.1 Å². The number of nitrogens with zero attached hydrogens (tertiary/aromatic N) is 1. The molecular weight excluding hydrogens is 378 g/mol. The summed E-state index contributed by atoms with van der Waals surface area (Å²) in [6.45, 7) is 3.52. The van der Waals surface area contributed by atoms with Gasteiger partial charge in [0.2, 0.25) is 0 Å². The van der Waals surface area contributed by atoms with E-state index in [0.717, 1.165) is 12.8 Å². The van der Waals surface area contributed by atoms with Crippen molar-refractivity contribution >= 4 is 12.1 Å². The molecule has 5 heteroatoms. The summed E-state index contributed by atoms with van der Waals surface area (Å²) in [6, 6.07) is 16.6. The van der Waals surface area contributed by atoms with Gasteiger partial charge in [-0.1, -0.05) is 48.5 Å². The molecule has 4 rings (SSSR count). The van der Waals surface area contributed by atoms with Crippen LogP contribution < -0.4 is 0 Å². The van der Waals surface area contributed by atoms with E-state index in [1.54, 1.807) is 4.90 Å². The smallest absolute Gasteiger partial charge is 0.409 e. The number of ether oxygens (including phenoxy) is 1. The molecule has 2 aromatic carbocycles. The predicted molar refractivity (Wildman–Crippen MR) is 115 cm³/mol. The van der Waals surface area contributed by atoms with Crippen LogP contribution in [0.5, 0.6) is 0 Å². The van der Waals surface area contributed by atoms with Crippen LogP contribution in [0.1, 0.15) is 49.7 Å². The SMILES string of the molecule is CCN(CC1CCC(C(=O)O)CC1)C(=O)OCC1c2ccccc2-c2ccccc21. The van der Waals surface area contributed by atoms with E-state index in [1.807, 2.05) is 31.2 Å². The monoisotopic (exact) mass is 407 g/mol. The largest absolute Gasteiger partial charge is 0.481 e. The number of carboxylic acid groups (broad SMARTS) is 1. The first-order valence-electron chi connectivity index (χ1n) is 10.9. The minimum atomic E-state index is -0.697. The minimum absolute atomic E-state index is 0.0612. The minimum Gasteiger partial charge on any atom is -0.481 e. The molecule has 0 unspecified atom stereocenters. The maximum Gasteiger partial charge on any atom is 0.409 e. The van der Waals surface area contributed by atoms with Crippen molar-refractivity contribution in [2.24, 2.45) is 11.8 Å². The Morgan fingerprint density at radius 2 is 1.53 bits per heavy atom.